The number of aromatic nitrogens is 2. The summed E-state index contributed by atoms with van der Waals surface area (Å²) in [7, 11) is 0. The Bertz CT molecular complexity index is 452. The molecule has 2 rings (SSSR count). The maximum absolute atomic E-state index is 8.88. The Hall–Kier alpha value is -1.39. The van der Waals surface area contributed by atoms with Crippen molar-refractivity contribution in [3.63, 3.8) is 0 Å². The number of fused-ring (bicyclic) bond motifs is 1. The molecule has 1 aromatic heterocycles. The number of aliphatic hydroxyl groups excluding tert-OH is 1. The monoisotopic (exact) mass is 219 g/mol. The van der Waals surface area contributed by atoms with E-state index in [1.54, 1.807) is 0 Å². The van der Waals surface area contributed by atoms with Gasteiger partial charge in [0.25, 0.3) is 0 Å². The standard InChI is InChI=1S/C12H17N3O/c1-10(8-16)13-6-7-15-9-14-11-4-2-3-5-12(11)15/h2-5,9-10,13,16H,6-8H2,1H3. The number of para-hydroxylation sites is 2. The lowest BCUT2D eigenvalue weighted by atomic mass is 10.3. The summed E-state index contributed by atoms with van der Waals surface area (Å²) in [5.41, 5.74) is 2.18. The van der Waals surface area contributed by atoms with Gasteiger partial charge in [-0.05, 0) is 19.1 Å². The van der Waals surface area contributed by atoms with Crippen molar-refractivity contribution in [1.29, 1.82) is 0 Å². The summed E-state index contributed by atoms with van der Waals surface area (Å²) in [6.07, 6.45) is 1.86. The summed E-state index contributed by atoms with van der Waals surface area (Å²) in [5, 5.41) is 12.1. The Kier molecular flexibility index (Phi) is 3.54. The van der Waals surface area contributed by atoms with Crippen LogP contribution >= 0.6 is 0 Å². The van der Waals surface area contributed by atoms with Crippen LogP contribution in [0.5, 0.6) is 0 Å². The second kappa shape index (κ2) is 5.09. The van der Waals surface area contributed by atoms with E-state index in [0.717, 1.165) is 24.1 Å². The zero-order chi connectivity index (χ0) is 11.4. The summed E-state index contributed by atoms with van der Waals surface area (Å²) in [6.45, 7) is 3.84. The number of nitrogens with zero attached hydrogens (tertiary/aromatic N) is 2. The number of hydrogen-bond donors (Lipinski definition) is 2. The quantitative estimate of drug-likeness (QED) is 0.789. The zero-order valence-corrected chi connectivity index (χ0v) is 9.43. The third-order valence-corrected chi connectivity index (χ3v) is 2.65. The lowest BCUT2D eigenvalue weighted by molar-refractivity contribution is 0.251. The fraction of sp³-hybridized carbons (Fsp3) is 0.417. The first-order chi connectivity index (χ1) is 7.81. The number of benzene rings is 1. The molecule has 0 aliphatic carbocycles. The van der Waals surface area contributed by atoms with Crippen LogP contribution in [-0.4, -0.2) is 33.9 Å². The van der Waals surface area contributed by atoms with Gasteiger partial charge < -0.3 is 15.0 Å². The Balaban J connectivity index is 1.99. The van der Waals surface area contributed by atoms with Gasteiger partial charge in [0.1, 0.15) is 0 Å². The number of aliphatic hydroxyl groups is 1. The minimum absolute atomic E-state index is 0.148. The second-order valence-electron chi connectivity index (χ2n) is 3.96. The van der Waals surface area contributed by atoms with E-state index in [2.05, 4.69) is 20.9 Å². The van der Waals surface area contributed by atoms with Gasteiger partial charge in [0.05, 0.1) is 24.0 Å². The predicted octanol–water partition coefficient (Wildman–Crippen LogP) is 1.01. The molecular weight excluding hydrogens is 202 g/mol. The first-order valence-corrected chi connectivity index (χ1v) is 5.55. The Morgan fingerprint density at radius 2 is 2.25 bits per heavy atom. The first kappa shape index (κ1) is 11.1. The van der Waals surface area contributed by atoms with Gasteiger partial charge in [-0.1, -0.05) is 12.1 Å². The van der Waals surface area contributed by atoms with Crippen LogP contribution in [-0.2, 0) is 6.54 Å². The highest BCUT2D eigenvalue weighted by Gasteiger charge is 2.02. The normalized spacial score (nSPS) is 13.1. The van der Waals surface area contributed by atoms with Gasteiger partial charge in [0.2, 0.25) is 0 Å². The molecule has 1 atom stereocenters. The molecule has 0 saturated heterocycles. The molecular formula is C12H17N3O. The van der Waals surface area contributed by atoms with Gasteiger partial charge in [0.15, 0.2) is 0 Å². The van der Waals surface area contributed by atoms with Crippen molar-refractivity contribution >= 4 is 11.0 Å². The average molecular weight is 219 g/mol. The van der Waals surface area contributed by atoms with E-state index in [4.69, 9.17) is 5.11 Å². The van der Waals surface area contributed by atoms with E-state index >= 15 is 0 Å². The second-order valence-corrected chi connectivity index (χ2v) is 3.96. The SMILES string of the molecule is CC(CO)NCCn1cnc2ccccc21. The van der Waals surface area contributed by atoms with Crippen molar-refractivity contribution < 1.29 is 5.11 Å². The van der Waals surface area contributed by atoms with Gasteiger partial charge in [-0.25, -0.2) is 4.98 Å². The van der Waals surface area contributed by atoms with Crippen LogP contribution < -0.4 is 5.32 Å². The fourth-order valence-corrected chi connectivity index (χ4v) is 1.68. The Labute approximate surface area is 94.9 Å². The third-order valence-electron chi connectivity index (χ3n) is 2.65. The largest absolute Gasteiger partial charge is 0.395 e. The van der Waals surface area contributed by atoms with E-state index in [1.165, 1.54) is 0 Å². The average Bonchev–Trinajstić information content (AvgIpc) is 2.73. The molecule has 4 heteroatoms. The van der Waals surface area contributed by atoms with Crippen molar-refractivity contribution in [2.75, 3.05) is 13.2 Å². The minimum Gasteiger partial charge on any atom is -0.395 e. The lowest BCUT2D eigenvalue weighted by Crippen LogP contribution is -2.31. The summed E-state index contributed by atoms with van der Waals surface area (Å²) >= 11 is 0. The van der Waals surface area contributed by atoms with Gasteiger partial charge in [-0.3, -0.25) is 0 Å². The van der Waals surface area contributed by atoms with Crippen LogP contribution in [0.4, 0.5) is 0 Å². The van der Waals surface area contributed by atoms with E-state index in [9.17, 15) is 0 Å². The lowest BCUT2D eigenvalue weighted by Gasteiger charge is -2.11. The van der Waals surface area contributed by atoms with Crippen LogP contribution in [0, 0.1) is 0 Å². The summed E-state index contributed by atoms with van der Waals surface area (Å²) in [6, 6.07) is 8.23. The van der Waals surface area contributed by atoms with Crippen LogP contribution in [0.2, 0.25) is 0 Å². The van der Waals surface area contributed by atoms with E-state index in [1.807, 2.05) is 31.5 Å². The summed E-state index contributed by atoms with van der Waals surface area (Å²) < 4.78 is 2.12. The fourth-order valence-electron chi connectivity index (χ4n) is 1.68. The Morgan fingerprint density at radius 3 is 3.06 bits per heavy atom. The van der Waals surface area contributed by atoms with Gasteiger partial charge in [-0.15, -0.1) is 0 Å². The third kappa shape index (κ3) is 2.40. The van der Waals surface area contributed by atoms with E-state index in [0.29, 0.717) is 0 Å². The molecule has 0 spiro atoms. The topological polar surface area (TPSA) is 50.1 Å². The van der Waals surface area contributed by atoms with Crippen LogP contribution in [0.15, 0.2) is 30.6 Å². The smallest absolute Gasteiger partial charge is 0.0958 e. The number of hydrogen-bond acceptors (Lipinski definition) is 3. The van der Waals surface area contributed by atoms with Crippen LogP contribution in [0.25, 0.3) is 11.0 Å². The molecule has 0 amide bonds. The molecule has 16 heavy (non-hydrogen) atoms. The molecule has 0 bridgehead atoms. The van der Waals surface area contributed by atoms with E-state index < -0.39 is 0 Å². The molecule has 0 saturated carbocycles. The van der Waals surface area contributed by atoms with E-state index in [-0.39, 0.29) is 12.6 Å². The highest BCUT2D eigenvalue weighted by Crippen LogP contribution is 2.10. The van der Waals surface area contributed by atoms with Crippen molar-refractivity contribution in [2.45, 2.75) is 19.5 Å². The molecule has 2 aromatic rings. The van der Waals surface area contributed by atoms with Gasteiger partial charge >= 0.3 is 0 Å². The molecule has 86 valence electrons. The molecule has 4 nitrogen and oxygen atoms in total. The minimum atomic E-state index is 0.148. The molecule has 2 N–H and O–H groups in total. The van der Waals surface area contributed by atoms with Crippen molar-refractivity contribution in [2.24, 2.45) is 0 Å². The van der Waals surface area contributed by atoms with Crippen molar-refractivity contribution in [3.05, 3.63) is 30.6 Å². The molecule has 1 unspecified atom stereocenters. The zero-order valence-electron chi connectivity index (χ0n) is 9.43. The molecule has 0 aliphatic heterocycles. The van der Waals surface area contributed by atoms with Crippen molar-refractivity contribution in [3.8, 4) is 0 Å². The maximum atomic E-state index is 8.88. The molecule has 0 fully saturated rings. The predicted molar refractivity (Wildman–Crippen MR) is 64.3 cm³/mol. The van der Waals surface area contributed by atoms with Crippen LogP contribution in [0.3, 0.4) is 0 Å². The van der Waals surface area contributed by atoms with Crippen LogP contribution in [0.1, 0.15) is 6.92 Å². The molecule has 0 aliphatic rings. The molecule has 1 heterocycles. The molecule has 0 radical (unpaired) electrons. The first-order valence-electron chi connectivity index (χ1n) is 5.55. The number of rotatable bonds is 5. The summed E-state index contributed by atoms with van der Waals surface area (Å²) in [4.78, 5) is 4.32. The van der Waals surface area contributed by atoms with Gasteiger partial charge in [0, 0.05) is 19.1 Å². The van der Waals surface area contributed by atoms with Gasteiger partial charge in [-0.2, -0.15) is 0 Å². The Morgan fingerprint density at radius 1 is 1.44 bits per heavy atom. The molecule has 1 aromatic carbocycles. The van der Waals surface area contributed by atoms with Crippen molar-refractivity contribution in [1.82, 2.24) is 14.9 Å². The number of nitrogens with one attached hydrogen (secondary N) is 1. The highest BCUT2D eigenvalue weighted by atomic mass is 16.3. The maximum Gasteiger partial charge on any atom is 0.0958 e. The summed E-state index contributed by atoms with van der Waals surface area (Å²) in [5.74, 6) is 0. The highest BCUT2D eigenvalue weighted by molar-refractivity contribution is 5.74. The number of imidazole rings is 1.